The van der Waals surface area contributed by atoms with E-state index < -0.39 is 11.0 Å². The maximum Gasteiger partial charge on any atom is 0.278 e. The number of nitrogens with two attached hydrogens (primary N) is 2. The zero-order valence-electron chi connectivity index (χ0n) is 7.27. The number of anilines is 1. The van der Waals surface area contributed by atoms with Crippen LogP contribution in [0.15, 0.2) is 12.1 Å². The second-order valence-corrected chi connectivity index (χ2v) is 3.09. The minimum Gasteiger partial charge on any atom is -0.489 e. The van der Waals surface area contributed by atoms with Crippen molar-refractivity contribution < 1.29 is 9.66 Å². The van der Waals surface area contributed by atoms with E-state index >= 15 is 0 Å². The van der Waals surface area contributed by atoms with Crippen molar-refractivity contribution in [1.82, 2.24) is 0 Å². The van der Waals surface area contributed by atoms with Gasteiger partial charge in [-0.05, 0) is 6.07 Å². The Morgan fingerprint density at radius 2 is 2.29 bits per heavy atom. The monoisotopic (exact) mass is 195 g/mol. The molecule has 0 fully saturated rings. The molecule has 0 saturated heterocycles. The van der Waals surface area contributed by atoms with Gasteiger partial charge < -0.3 is 16.2 Å². The van der Waals surface area contributed by atoms with Crippen molar-refractivity contribution in [1.29, 1.82) is 0 Å². The van der Waals surface area contributed by atoms with E-state index in [-0.39, 0.29) is 12.3 Å². The number of benzene rings is 1. The fraction of sp³-hybridized carbons (Fsp3) is 0.250. The minimum atomic E-state index is -0.479. The number of hydrogen-bond donors (Lipinski definition) is 2. The first-order chi connectivity index (χ1) is 6.61. The Morgan fingerprint density at radius 1 is 1.57 bits per heavy atom. The van der Waals surface area contributed by atoms with Gasteiger partial charge in [-0.3, -0.25) is 10.1 Å². The molecule has 0 bridgehead atoms. The summed E-state index contributed by atoms with van der Waals surface area (Å²) < 4.78 is 5.18. The Bertz CT molecular complexity index is 405. The number of rotatable bonds is 1. The van der Waals surface area contributed by atoms with Gasteiger partial charge in [0.1, 0.15) is 6.61 Å². The van der Waals surface area contributed by atoms with E-state index in [1.807, 2.05) is 0 Å². The van der Waals surface area contributed by atoms with Gasteiger partial charge in [-0.1, -0.05) is 0 Å². The van der Waals surface area contributed by atoms with Crippen molar-refractivity contribution in [3.63, 3.8) is 0 Å². The number of ether oxygens (including phenoxy) is 1. The number of fused-ring (bicyclic) bond motifs is 1. The zero-order valence-corrected chi connectivity index (χ0v) is 7.27. The second kappa shape index (κ2) is 2.85. The molecule has 1 atom stereocenters. The fourth-order valence-electron chi connectivity index (χ4n) is 1.54. The van der Waals surface area contributed by atoms with Gasteiger partial charge in [0.15, 0.2) is 5.75 Å². The first-order valence-electron chi connectivity index (χ1n) is 4.06. The quantitative estimate of drug-likeness (QED) is 0.387. The van der Waals surface area contributed by atoms with Crippen LogP contribution in [-0.4, -0.2) is 11.5 Å². The third-order valence-electron chi connectivity index (χ3n) is 2.18. The Kier molecular flexibility index (Phi) is 1.78. The summed E-state index contributed by atoms with van der Waals surface area (Å²) in [6.45, 7) is 0.240. The number of nitro groups is 1. The van der Waals surface area contributed by atoms with Gasteiger partial charge in [-0.25, -0.2) is 0 Å². The molecule has 0 amide bonds. The number of hydrogen-bond acceptors (Lipinski definition) is 5. The highest BCUT2D eigenvalue weighted by Crippen LogP contribution is 2.41. The molecule has 14 heavy (non-hydrogen) atoms. The highest BCUT2D eigenvalue weighted by Gasteiger charge is 2.31. The van der Waals surface area contributed by atoms with Gasteiger partial charge in [-0.2, -0.15) is 0 Å². The van der Waals surface area contributed by atoms with Gasteiger partial charge >= 0.3 is 0 Å². The molecule has 6 heteroatoms. The summed E-state index contributed by atoms with van der Waals surface area (Å²) in [5, 5.41) is 10.7. The summed E-state index contributed by atoms with van der Waals surface area (Å²) in [4.78, 5) is 10.2. The maximum absolute atomic E-state index is 10.7. The van der Waals surface area contributed by atoms with E-state index in [4.69, 9.17) is 16.2 Å². The molecule has 0 saturated carbocycles. The van der Waals surface area contributed by atoms with Gasteiger partial charge in [0, 0.05) is 6.07 Å². The highest BCUT2D eigenvalue weighted by atomic mass is 16.6. The lowest BCUT2D eigenvalue weighted by Crippen LogP contribution is -2.12. The maximum atomic E-state index is 10.7. The average molecular weight is 195 g/mol. The number of nitro benzene ring substituents is 1. The smallest absolute Gasteiger partial charge is 0.278 e. The topological polar surface area (TPSA) is 104 Å². The van der Waals surface area contributed by atoms with Gasteiger partial charge in [0.2, 0.25) is 0 Å². The first kappa shape index (κ1) is 8.76. The molecule has 0 unspecified atom stereocenters. The van der Waals surface area contributed by atoms with Gasteiger partial charge in [0.05, 0.1) is 22.2 Å². The third kappa shape index (κ3) is 1.08. The largest absolute Gasteiger partial charge is 0.489 e. The van der Waals surface area contributed by atoms with E-state index in [9.17, 15) is 10.1 Å². The van der Waals surface area contributed by atoms with Crippen LogP contribution >= 0.6 is 0 Å². The van der Waals surface area contributed by atoms with Crippen LogP contribution in [0.3, 0.4) is 0 Å². The number of nitrogen functional groups attached to an aromatic ring is 1. The zero-order chi connectivity index (χ0) is 10.3. The van der Waals surface area contributed by atoms with Crippen molar-refractivity contribution in [3.8, 4) is 5.75 Å². The Labute approximate surface area is 79.6 Å². The van der Waals surface area contributed by atoms with Gasteiger partial charge in [0.25, 0.3) is 5.69 Å². The van der Waals surface area contributed by atoms with Crippen LogP contribution in [0.4, 0.5) is 11.4 Å². The molecule has 1 aromatic rings. The molecule has 6 nitrogen and oxygen atoms in total. The van der Waals surface area contributed by atoms with E-state index in [1.165, 1.54) is 12.1 Å². The van der Waals surface area contributed by atoms with E-state index in [1.54, 1.807) is 0 Å². The fourth-order valence-corrected chi connectivity index (χ4v) is 1.54. The van der Waals surface area contributed by atoms with Crippen molar-refractivity contribution in [2.24, 2.45) is 5.73 Å². The molecule has 0 aromatic heterocycles. The molecule has 0 aliphatic carbocycles. The molecule has 1 heterocycles. The third-order valence-corrected chi connectivity index (χ3v) is 2.18. The van der Waals surface area contributed by atoms with Crippen molar-refractivity contribution >= 4 is 11.4 Å². The molecular weight excluding hydrogens is 186 g/mol. The summed E-state index contributed by atoms with van der Waals surface area (Å²) in [7, 11) is 0. The lowest BCUT2D eigenvalue weighted by atomic mass is 10.1. The number of nitrogens with zero attached hydrogens (tertiary/aromatic N) is 1. The van der Waals surface area contributed by atoms with Crippen molar-refractivity contribution in [2.75, 3.05) is 12.3 Å². The normalized spacial score (nSPS) is 18.8. The summed E-state index contributed by atoms with van der Waals surface area (Å²) in [5.41, 5.74) is 12.0. The lowest BCUT2D eigenvalue weighted by Gasteiger charge is -2.04. The minimum absolute atomic E-state index is 0.0285. The summed E-state index contributed by atoms with van der Waals surface area (Å²) in [5.74, 6) is 0.353. The molecule has 1 aliphatic heterocycles. The van der Waals surface area contributed by atoms with Crippen LogP contribution < -0.4 is 16.2 Å². The summed E-state index contributed by atoms with van der Waals surface area (Å²) in [6, 6.07) is 2.34. The Morgan fingerprint density at radius 3 is 2.93 bits per heavy atom. The Hall–Kier alpha value is -1.82. The summed E-state index contributed by atoms with van der Waals surface area (Å²) in [6.07, 6.45) is 0. The highest BCUT2D eigenvalue weighted by molar-refractivity contribution is 5.66. The van der Waals surface area contributed by atoms with Crippen LogP contribution in [-0.2, 0) is 0 Å². The van der Waals surface area contributed by atoms with Gasteiger partial charge in [-0.15, -0.1) is 0 Å². The molecule has 74 valence electrons. The van der Waals surface area contributed by atoms with Crippen molar-refractivity contribution in [2.45, 2.75) is 6.04 Å². The van der Waals surface area contributed by atoms with Crippen LogP contribution in [0.1, 0.15) is 11.6 Å². The summed E-state index contributed by atoms with van der Waals surface area (Å²) >= 11 is 0. The predicted molar refractivity (Wildman–Crippen MR) is 49.9 cm³/mol. The predicted octanol–water partition coefficient (Wildman–Crippen LogP) is 0.569. The first-order valence-corrected chi connectivity index (χ1v) is 4.06. The SMILES string of the molecule is Nc1ccc([N+](=O)[O-])c2c1OC[C@H]2N. The molecule has 0 radical (unpaired) electrons. The van der Waals surface area contributed by atoms with Crippen LogP contribution in [0.5, 0.6) is 5.75 Å². The Balaban J connectivity index is 2.66. The molecule has 1 aliphatic rings. The average Bonchev–Trinajstić information content (AvgIpc) is 2.50. The lowest BCUT2D eigenvalue weighted by molar-refractivity contribution is -0.385. The van der Waals surface area contributed by atoms with Crippen LogP contribution in [0.2, 0.25) is 0 Å². The molecule has 4 N–H and O–H groups in total. The molecule has 0 spiro atoms. The van der Waals surface area contributed by atoms with E-state index in [0.717, 1.165) is 0 Å². The van der Waals surface area contributed by atoms with Crippen LogP contribution in [0.25, 0.3) is 0 Å². The molecule has 2 rings (SSSR count). The standard InChI is InChI=1S/C8H9N3O3/c9-4-1-2-6(11(12)13)7-5(10)3-14-8(4)7/h1-2,5H,3,9-10H2/t5-/m1/s1. The molecular formula is C8H9N3O3. The van der Waals surface area contributed by atoms with Crippen LogP contribution in [0, 0.1) is 10.1 Å². The molecule has 1 aromatic carbocycles. The van der Waals surface area contributed by atoms with Crippen molar-refractivity contribution in [3.05, 3.63) is 27.8 Å². The second-order valence-electron chi connectivity index (χ2n) is 3.09. The van der Waals surface area contributed by atoms with E-state index in [2.05, 4.69) is 0 Å². The van der Waals surface area contributed by atoms with E-state index in [0.29, 0.717) is 17.0 Å².